The molecule has 1 aromatic carbocycles. The van der Waals surface area contributed by atoms with Crippen LogP contribution < -0.4 is 10.1 Å². The van der Waals surface area contributed by atoms with Crippen LogP contribution in [0.5, 0.6) is 5.75 Å². The van der Waals surface area contributed by atoms with Gasteiger partial charge in [0.05, 0.1) is 12.0 Å². The Bertz CT molecular complexity index is 1170. The highest BCUT2D eigenvalue weighted by molar-refractivity contribution is 7.89. The summed E-state index contributed by atoms with van der Waals surface area (Å²) in [7, 11) is -2.08. The molecule has 2 amide bonds. The van der Waals surface area contributed by atoms with Crippen molar-refractivity contribution < 1.29 is 27.3 Å². The van der Waals surface area contributed by atoms with Gasteiger partial charge in [0.25, 0.3) is 0 Å². The number of rotatable bonds is 8. The first kappa shape index (κ1) is 25.2. The van der Waals surface area contributed by atoms with E-state index in [4.69, 9.17) is 9.26 Å². The van der Waals surface area contributed by atoms with Gasteiger partial charge in [-0.25, -0.2) is 8.42 Å². The molecule has 0 aliphatic carbocycles. The van der Waals surface area contributed by atoms with Gasteiger partial charge in [0.1, 0.15) is 11.5 Å². The Hall–Kier alpha value is -2.92. The van der Waals surface area contributed by atoms with Crippen LogP contribution in [0.4, 0.5) is 5.82 Å². The molecule has 2 saturated heterocycles. The Kier molecular flexibility index (Phi) is 7.46. The molecule has 1 aromatic heterocycles. The van der Waals surface area contributed by atoms with Crippen LogP contribution in [0.2, 0.25) is 0 Å². The molecule has 2 aliphatic heterocycles. The zero-order valence-corrected chi connectivity index (χ0v) is 21.0. The van der Waals surface area contributed by atoms with Gasteiger partial charge in [-0.15, -0.1) is 0 Å². The number of anilines is 1. The maximum absolute atomic E-state index is 13.1. The molecule has 0 saturated carbocycles. The number of hydrogen-bond acceptors (Lipinski definition) is 7. The van der Waals surface area contributed by atoms with E-state index in [0.717, 1.165) is 19.3 Å². The summed E-state index contributed by atoms with van der Waals surface area (Å²) in [4.78, 5) is 26.9. The average Bonchev–Trinajstić information content (AvgIpc) is 3.45. The second kappa shape index (κ2) is 10.4. The number of aromatic nitrogens is 1. The fourth-order valence-corrected chi connectivity index (χ4v) is 6.33. The lowest BCUT2D eigenvalue weighted by atomic mass is 9.78. The van der Waals surface area contributed by atoms with Crippen LogP contribution in [0, 0.1) is 12.3 Å². The number of nitrogens with zero attached hydrogens (tertiary/aromatic N) is 3. The highest BCUT2D eigenvalue weighted by Gasteiger charge is 2.44. The number of aryl methyl sites for hydroxylation is 1. The molecule has 11 heteroatoms. The van der Waals surface area contributed by atoms with Gasteiger partial charge < -0.3 is 19.5 Å². The van der Waals surface area contributed by atoms with Crippen molar-refractivity contribution in [2.75, 3.05) is 38.6 Å². The minimum absolute atomic E-state index is 0.0402. The summed E-state index contributed by atoms with van der Waals surface area (Å²) < 4.78 is 37.8. The van der Waals surface area contributed by atoms with Gasteiger partial charge in [0.15, 0.2) is 5.82 Å². The first-order chi connectivity index (χ1) is 16.7. The maximum Gasteiger partial charge on any atom is 0.243 e. The van der Waals surface area contributed by atoms with Crippen LogP contribution in [0.25, 0.3) is 0 Å². The van der Waals surface area contributed by atoms with Crippen molar-refractivity contribution in [2.45, 2.75) is 50.3 Å². The Labute approximate surface area is 205 Å². The number of carbonyl (C=O) groups excluding carboxylic acids is 2. The summed E-state index contributed by atoms with van der Waals surface area (Å²) in [6.45, 7) is 3.93. The van der Waals surface area contributed by atoms with Gasteiger partial charge in [-0.3, -0.25) is 9.59 Å². The van der Waals surface area contributed by atoms with E-state index in [0.29, 0.717) is 56.3 Å². The summed E-state index contributed by atoms with van der Waals surface area (Å²) in [6.07, 6.45) is 3.31. The summed E-state index contributed by atoms with van der Waals surface area (Å²) in [5.41, 5.74) is -0.0434. The molecule has 35 heavy (non-hydrogen) atoms. The van der Waals surface area contributed by atoms with Crippen molar-refractivity contribution in [2.24, 2.45) is 5.41 Å². The van der Waals surface area contributed by atoms with Gasteiger partial charge >= 0.3 is 0 Å². The lowest BCUT2D eigenvalue weighted by molar-refractivity contribution is -0.130. The van der Waals surface area contributed by atoms with E-state index in [1.54, 1.807) is 37.3 Å². The first-order valence-electron chi connectivity index (χ1n) is 11.9. The highest BCUT2D eigenvalue weighted by atomic mass is 32.2. The number of benzene rings is 1. The van der Waals surface area contributed by atoms with Crippen LogP contribution >= 0.6 is 0 Å². The lowest BCUT2D eigenvalue weighted by Crippen LogP contribution is -2.44. The molecule has 2 aliphatic rings. The van der Waals surface area contributed by atoms with E-state index >= 15 is 0 Å². The first-order valence-corrected chi connectivity index (χ1v) is 13.3. The van der Waals surface area contributed by atoms with Crippen molar-refractivity contribution in [1.29, 1.82) is 0 Å². The second-order valence-corrected chi connectivity index (χ2v) is 11.3. The third kappa shape index (κ3) is 5.84. The molecule has 0 unspecified atom stereocenters. The summed E-state index contributed by atoms with van der Waals surface area (Å²) >= 11 is 0. The van der Waals surface area contributed by atoms with Gasteiger partial charge in [0.2, 0.25) is 21.8 Å². The highest BCUT2D eigenvalue weighted by Crippen LogP contribution is 2.41. The fraction of sp³-hybridized carbons (Fsp3) is 0.542. The fourth-order valence-electron chi connectivity index (χ4n) is 4.86. The number of hydrogen-bond donors (Lipinski definition) is 1. The molecule has 0 bridgehead atoms. The Balaban J connectivity index is 1.24. The minimum atomic E-state index is -3.59. The number of nitrogens with one attached hydrogen (secondary N) is 1. The van der Waals surface area contributed by atoms with Crippen LogP contribution in [-0.2, 0) is 19.6 Å². The average molecular weight is 505 g/mol. The molecule has 0 atom stereocenters. The lowest BCUT2D eigenvalue weighted by Gasteiger charge is -2.38. The molecule has 4 rings (SSSR count). The van der Waals surface area contributed by atoms with Crippen molar-refractivity contribution >= 4 is 27.7 Å². The van der Waals surface area contributed by atoms with Gasteiger partial charge in [0, 0.05) is 51.2 Å². The Morgan fingerprint density at radius 2 is 1.89 bits per heavy atom. The molecule has 10 nitrogen and oxygen atoms in total. The zero-order chi connectivity index (χ0) is 25.1. The van der Waals surface area contributed by atoms with E-state index < -0.39 is 10.0 Å². The molecular weight excluding hydrogens is 472 g/mol. The quantitative estimate of drug-likeness (QED) is 0.587. The van der Waals surface area contributed by atoms with Gasteiger partial charge in [-0.1, -0.05) is 11.2 Å². The van der Waals surface area contributed by atoms with Crippen molar-refractivity contribution in [3.05, 3.63) is 36.1 Å². The molecule has 1 N–H and O–H groups in total. The maximum atomic E-state index is 13.1. The predicted molar refractivity (Wildman–Crippen MR) is 128 cm³/mol. The predicted octanol–water partition coefficient (Wildman–Crippen LogP) is 2.80. The molecule has 2 aromatic rings. The van der Waals surface area contributed by atoms with E-state index in [2.05, 4.69) is 10.5 Å². The van der Waals surface area contributed by atoms with Crippen LogP contribution in [0.1, 0.15) is 44.3 Å². The largest absolute Gasteiger partial charge is 0.497 e. The van der Waals surface area contributed by atoms with Crippen LogP contribution in [-0.4, -0.2) is 67.9 Å². The van der Waals surface area contributed by atoms with Gasteiger partial charge in [-0.2, -0.15) is 4.31 Å². The number of likely N-dealkylation sites (tertiary alicyclic amines) is 1. The molecule has 190 valence electrons. The molecule has 1 spiro atoms. The Morgan fingerprint density at radius 3 is 2.57 bits per heavy atom. The normalized spacial score (nSPS) is 18.1. The third-order valence-corrected chi connectivity index (χ3v) is 8.84. The zero-order valence-electron chi connectivity index (χ0n) is 20.2. The molecule has 3 heterocycles. The molecule has 2 fully saturated rings. The SMILES string of the molecule is COc1cccc(S(=O)(=O)N2CCC3(CCN(C(=O)CCCC(=O)Nc4cc(C)on4)C3)CC2)c1. The summed E-state index contributed by atoms with van der Waals surface area (Å²) in [5, 5.41) is 6.38. The summed E-state index contributed by atoms with van der Waals surface area (Å²) in [5.74, 6) is 1.34. The smallest absolute Gasteiger partial charge is 0.243 e. The van der Waals surface area contributed by atoms with Crippen LogP contribution in [0.15, 0.2) is 39.8 Å². The number of sulfonamides is 1. The van der Waals surface area contributed by atoms with E-state index in [9.17, 15) is 18.0 Å². The number of ether oxygens (including phenoxy) is 1. The molecular formula is C24H32N4O6S. The third-order valence-electron chi connectivity index (χ3n) is 6.94. The van der Waals surface area contributed by atoms with E-state index in [-0.39, 0.29) is 28.5 Å². The number of carbonyl (C=O) groups is 2. The minimum Gasteiger partial charge on any atom is -0.497 e. The van der Waals surface area contributed by atoms with E-state index in [1.807, 2.05) is 4.90 Å². The number of amides is 2. The summed E-state index contributed by atoms with van der Waals surface area (Å²) in [6, 6.07) is 8.17. The van der Waals surface area contributed by atoms with Crippen LogP contribution in [0.3, 0.4) is 0 Å². The number of piperidine rings is 1. The van der Waals surface area contributed by atoms with Crippen molar-refractivity contribution in [3.63, 3.8) is 0 Å². The Morgan fingerprint density at radius 1 is 1.14 bits per heavy atom. The second-order valence-electron chi connectivity index (χ2n) is 9.37. The monoisotopic (exact) mass is 504 g/mol. The van der Waals surface area contributed by atoms with Gasteiger partial charge in [-0.05, 0) is 50.2 Å². The van der Waals surface area contributed by atoms with Crippen molar-refractivity contribution in [1.82, 2.24) is 14.4 Å². The van der Waals surface area contributed by atoms with E-state index in [1.165, 1.54) is 11.4 Å². The number of methoxy groups -OCH3 is 1. The standard InChI is InChI=1S/C24H32N4O6S/c1-18-15-21(26-34-18)25-22(29)7-4-8-23(30)27-12-9-24(17-27)10-13-28(14-11-24)35(31,32)20-6-3-5-19(16-20)33-2/h3,5-6,15-16H,4,7-14,17H2,1-2H3,(H,25,26,29). The molecule has 0 radical (unpaired) electrons. The van der Waals surface area contributed by atoms with Crippen molar-refractivity contribution in [3.8, 4) is 5.75 Å². The topological polar surface area (TPSA) is 122 Å².